The van der Waals surface area contributed by atoms with Gasteiger partial charge in [0.25, 0.3) is 0 Å². The molecule has 0 radical (unpaired) electrons. The van der Waals surface area contributed by atoms with Crippen molar-refractivity contribution in [1.29, 1.82) is 0 Å². The van der Waals surface area contributed by atoms with E-state index in [1.807, 2.05) is 39.8 Å². The molecule has 4 rings (SSSR count). The van der Waals surface area contributed by atoms with Crippen molar-refractivity contribution in [3.8, 4) is 5.75 Å². The summed E-state index contributed by atoms with van der Waals surface area (Å²) < 4.78 is 11.4. The van der Waals surface area contributed by atoms with Crippen LogP contribution in [0.15, 0.2) is 23.2 Å². The smallest absolute Gasteiger partial charge is 0.231 e. The summed E-state index contributed by atoms with van der Waals surface area (Å²) in [6.07, 6.45) is 3.81. The minimum Gasteiger partial charge on any atom is -0.487 e. The first-order valence-corrected chi connectivity index (χ1v) is 13.4. The number of nitrogens with two attached hydrogens (primary N) is 1. The molecule has 3 N–H and O–H groups in total. The van der Waals surface area contributed by atoms with E-state index >= 15 is 0 Å². The Morgan fingerprint density at radius 1 is 1.36 bits per heavy atom. The van der Waals surface area contributed by atoms with E-state index in [2.05, 4.69) is 5.32 Å². The van der Waals surface area contributed by atoms with Crippen LogP contribution >= 0.6 is 11.6 Å². The molecule has 0 saturated heterocycles. The number of carbonyl (C=O) groups is 2. The summed E-state index contributed by atoms with van der Waals surface area (Å²) >= 11 is 6.18. The van der Waals surface area contributed by atoms with Gasteiger partial charge in [0.2, 0.25) is 11.8 Å². The molecule has 0 aromatic heterocycles. The molecule has 2 aliphatic heterocycles. The van der Waals surface area contributed by atoms with Gasteiger partial charge < -0.3 is 20.5 Å². The van der Waals surface area contributed by atoms with E-state index in [0.717, 1.165) is 18.4 Å². The van der Waals surface area contributed by atoms with E-state index in [0.29, 0.717) is 43.1 Å². The summed E-state index contributed by atoms with van der Waals surface area (Å²) in [7, 11) is 1.64. The number of amides is 2. The van der Waals surface area contributed by atoms with Crippen molar-refractivity contribution < 1.29 is 19.1 Å². The average Bonchev–Trinajstić information content (AvgIpc) is 3.60. The van der Waals surface area contributed by atoms with Gasteiger partial charge >= 0.3 is 0 Å². The Labute approximate surface area is 218 Å². The van der Waals surface area contributed by atoms with E-state index in [-0.39, 0.29) is 41.7 Å². The van der Waals surface area contributed by atoms with E-state index in [9.17, 15) is 9.59 Å². The van der Waals surface area contributed by atoms with Crippen molar-refractivity contribution in [3.05, 3.63) is 28.8 Å². The van der Waals surface area contributed by atoms with Crippen LogP contribution in [-0.2, 0) is 14.3 Å². The van der Waals surface area contributed by atoms with Crippen molar-refractivity contribution in [2.24, 2.45) is 22.6 Å². The lowest BCUT2D eigenvalue weighted by Gasteiger charge is -2.40. The molecular formula is C27H39ClN4O4. The number of hydrogen-bond acceptors (Lipinski definition) is 6. The zero-order valence-electron chi connectivity index (χ0n) is 22.0. The summed E-state index contributed by atoms with van der Waals surface area (Å²) in [6.45, 7) is 8.57. The quantitative estimate of drug-likeness (QED) is 0.509. The maximum Gasteiger partial charge on any atom is 0.231 e. The van der Waals surface area contributed by atoms with Gasteiger partial charge in [-0.3, -0.25) is 14.5 Å². The van der Waals surface area contributed by atoms with Gasteiger partial charge in [0.05, 0.1) is 18.0 Å². The largest absolute Gasteiger partial charge is 0.487 e. The zero-order chi connectivity index (χ0) is 26.3. The number of methoxy groups -OCH3 is 1. The Morgan fingerprint density at radius 2 is 2.08 bits per heavy atom. The van der Waals surface area contributed by atoms with Gasteiger partial charge in [0, 0.05) is 42.7 Å². The number of hydrogen-bond donors (Lipinski definition) is 2. The fraction of sp³-hybridized carbons (Fsp3) is 0.667. The van der Waals surface area contributed by atoms with Crippen LogP contribution in [0.2, 0.25) is 5.02 Å². The van der Waals surface area contributed by atoms with Gasteiger partial charge in [-0.15, -0.1) is 0 Å². The molecule has 8 nitrogen and oxygen atoms in total. The number of nitrogens with one attached hydrogen (secondary N) is 1. The molecule has 2 amide bonds. The fourth-order valence-electron chi connectivity index (χ4n) is 5.79. The van der Waals surface area contributed by atoms with Crippen molar-refractivity contribution >= 4 is 29.4 Å². The van der Waals surface area contributed by atoms with Gasteiger partial charge in [-0.05, 0) is 57.6 Å². The third kappa shape index (κ3) is 5.35. The van der Waals surface area contributed by atoms with Crippen LogP contribution in [0, 0.1) is 11.8 Å². The number of ether oxygens (including phenoxy) is 2. The number of carbonyl (C=O) groups excluding carboxylic acids is 2. The van der Waals surface area contributed by atoms with Crippen LogP contribution in [0.3, 0.4) is 0 Å². The number of aliphatic imine (C=N–C) groups is 1. The molecule has 198 valence electrons. The summed E-state index contributed by atoms with van der Waals surface area (Å²) in [5, 5.41) is 3.85. The van der Waals surface area contributed by atoms with Crippen molar-refractivity contribution in [1.82, 2.24) is 10.2 Å². The van der Waals surface area contributed by atoms with Crippen LogP contribution in [0.1, 0.15) is 77.8 Å². The van der Waals surface area contributed by atoms with Crippen LogP contribution in [0.5, 0.6) is 5.75 Å². The molecule has 1 fully saturated rings. The molecule has 1 unspecified atom stereocenters. The van der Waals surface area contributed by atoms with E-state index in [4.69, 9.17) is 31.8 Å². The van der Waals surface area contributed by atoms with Crippen LogP contribution in [-0.4, -0.2) is 53.6 Å². The van der Waals surface area contributed by atoms with Crippen molar-refractivity contribution in [2.75, 3.05) is 13.7 Å². The molecule has 0 spiro atoms. The number of halogens is 1. The minimum atomic E-state index is -0.435. The van der Waals surface area contributed by atoms with E-state index < -0.39 is 11.1 Å². The second-order valence-electron chi connectivity index (χ2n) is 11.0. The van der Waals surface area contributed by atoms with Gasteiger partial charge in [-0.1, -0.05) is 31.5 Å². The Kier molecular flexibility index (Phi) is 7.58. The molecule has 9 heteroatoms. The molecule has 36 heavy (non-hydrogen) atoms. The number of benzene rings is 1. The molecular weight excluding hydrogens is 480 g/mol. The second kappa shape index (κ2) is 10.2. The van der Waals surface area contributed by atoms with Crippen molar-refractivity contribution in [2.45, 2.75) is 89.4 Å². The lowest BCUT2D eigenvalue weighted by Crippen LogP contribution is -2.56. The van der Waals surface area contributed by atoms with Gasteiger partial charge in [-0.25, -0.2) is 4.99 Å². The number of nitrogens with zero attached hydrogens (tertiary/aromatic N) is 2. The zero-order valence-corrected chi connectivity index (χ0v) is 22.7. The van der Waals surface area contributed by atoms with Crippen molar-refractivity contribution in [3.63, 3.8) is 0 Å². The summed E-state index contributed by atoms with van der Waals surface area (Å²) in [5.74, 6) is 0.744. The normalized spacial score (nSPS) is 26.9. The second-order valence-corrected chi connectivity index (χ2v) is 11.4. The van der Waals surface area contributed by atoms with E-state index in [1.165, 1.54) is 0 Å². The highest BCUT2D eigenvalue weighted by Gasteiger charge is 2.53. The SMILES string of the molecule is CCC1(CC)CC(=O)N([C@H](CCOC)[C@@H]2C[C@H]2C(=O)NC2CC(C)(C)Oc3cc(Cl)ccc32)C(N)=N1. The Bertz CT molecular complexity index is 1040. The Hall–Kier alpha value is -2.32. The molecule has 1 aromatic rings. The first-order valence-electron chi connectivity index (χ1n) is 13.0. The maximum atomic E-state index is 13.4. The number of rotatable bonds is 9. The maximum absolute atomic E-state index is 13.4. The van der Waals surface area contributed by atoms with Gasteiger partial charge in [0.1, 0.15) is 11.4 Å². The van der Waals surface area contributed by atoms with Crippen LogP contribution in [0.4, 0.5) is 0 Å². The van der Waals surface area contributed by atoms with Gasteiger partial charge in [-0.2, -0.15) is 0 Å². The molecule has 1 aromatic carbocycles. The Morgan fingerprint density at radius 3 is 2.72 bits per heavy atom. The molecule has 2 heterocycles. The highest BCUT2D eigenvalue weighted by atomic mass is 35.5. The van der Waals surface area contributed by atoms with Crippen LogP contribution < -0.4 is 15.8 Å². The van der Waals surface area contributed by atoms with Gasteiger partial charge in [0.15, 0.2) is 5.96 Å². The van der Waals surface area contributed by atoms with E-state index in [1.54, 1.807) is 18.1 Å². The molecule has 0 bridgehead atoms. The first kappa shape index (κ1) is 26.7. The summed E-state index contributed by atoms with van der Waals surface area (Å²) in [4.78, 5) is 33.1. The summed E-state index contributed by atoms with van der Waals surface area (Å²) in [5.41, 5.74) is 6.45. The number of guanidine groups is 1. The first-order chi connectivity index (χ1) is 17.0. The predicted molar refractivity (Wildman–Crippen MR) is 140 cm³/mol. The fourth-order valence-corrected chi connectivity index (χ4v) is 5.95. The predicted octanol–water partition coefficient (Wildman–Crippen LogP) is 4.21. The molecule has 1 aliphatic carbocycles. The minimum absolute atomic E-state index is 0.00569. The highest BCUT2D eigenvalue weighted by Crippen LogP contribution is 2.47. The third-order valence-electron chi connectivity index (χ3n) is 8.03. The monoisotopic (exact) mass is 518 g/mol. The molecule has 4 atom stereocenters. The standard InChI is InChI=1S/C27H39ClN4O4/c1-6-27(7-2)15-23(33)32(25(29)31-27)21(10-11-35-5)18-13-19(18)24(34)30-20-14-26(3,4)36-22-12-16(28)8-9-17(20)22/h8-9,12,18-21H,6-7,10-11,13-15H2,1-5H3,(H2,29,31)(H,30,34)/t18-,19-,20?,21-/m1/s1. The lowest BCUT2D eigenvalue weighted by molar-refractivity contribution is -0.133. The molecule has 3 aliphatic rings. The number of fused-ring (bicyclic) bond motifs is 1. The highest BCUT2D eigenvalue weighted by molar-refractivity contribution is 6.30. The molecule has 1 saturated carbocycles. The average molecular weight is 519 g/mol. The Balaban J connectivity index is 1.51. The third-order valence-corrected chi connectivity index (χ3v) is 8.27. The van der Waals surface area contributed by atoms with Crippen LogP contribution in [0.25, 0.3) is 0 Å². The lowest BCUT2D eigenvalue weighted by atomic mass is 9.87. The summed E-state index contributed by atoms with van der Waals surface area (Å²) in [6, 6.07) is 5.14. The topological polar surface area (TPSA) is 106 Å².